The molecule has 0 aromatic heterocycles. The summed E-state index contributed by atoms with van der Waals surface area (Å²) in [5.74, 6) is -1.44. The molecule has 1 amide bonds. The van der Waals surface area contributed by atoms with Crippen molar-refractivity contribution in [3.8, 4) is 0 Å². The van der Waals surface area contributed by atoms with Crippen LogP contribution in [0.4, 0.5) is 5.69 Å². The van der Waals surface area contributed by atoms with Gasteiger partial charge in [0, 0.05) is 17.8 Å². The van der Waals surface area contributed by atoms with Crippen LogP contribution >= 0.6 is 0 Å². The number of hydrogen-bond acceptors (Lipinski definition) is 3. The Kier molecular flexibility index (Phi) is 4.68. The lowest BCUT2D eigenvalue weighted by Gasteiger charge is -2.22. The van der Waals surface area contributed by atoms with Crippen molar-refractivity contribution in [1.29, 1.82) is 0 Å². The Balaban J connectivity index is 2.41. The van der Waals surface area contributed by atoms with E-state index in [-0.39, 0.29) is 12.5 Å². The summed E-state index contributed by atoms with van der Waals surface area (Å²) in [7, 11) is 0. The Labute approximate surface area is 122 Å². The van der Waals surface area contributed by atoms with E-state index in [1.165, 1.54) is 4.90 Å². The highest BCUT2D eigenvalue weighted by Crippen LogP contribution is 2.18. The van der Waals surface area contributed by atoms with E-state index in [2.05, 4.69) is 0 Å². The number of rotatable bonds is 5. The van der Waals surface area contributed by atoms with Crippen LogP contribution in [0.3, 0.4) is 0 Å². The first-order valence-electron chi connectivity index (χ1n) is 6.50. The normalized spacial score (nSPS) is 10.1. The lowest BCUT2D eigenvalue weighted by atomic mass is 10.1. The van der Waals surface area contributed by atoms with Gasteiger partial charge in [0.2, 0.25) is 0 Å². The molecule has 2 aromatic carbocycles. The molecule has 0 saturated heterocycles. The number of hydrogen-bond donors (Lipinski definition) is 2. The molecule has 0 unspecified atom stereocenters. The van der Waals surface area contributed by atoms with Crippen molar-refractivity contribution in [3.05, 3.63) is 65.7 Å². The van der Waals surface area contributed by atoms with Crippen LogP contribution in [-0.4, -0.2) is 23.5 Å². The van der Waals surface area contributed by atoms with Crippen molar-refractivity contribution in [2.45, 2.75) is 6.54 Å². The van der Waals surface area contributed by atoms with E-state index in [1.807, 2.05) is 0 Å². The predicted molar refractivity (Wildman–Crippen MR) is 80.1 cm³/mol. The topological polar surface area (TPSA) is 83.6 Å². The second-order valence-electron chi connectivity index (χ2n) is 4.48. The number of carbonyl (C=O) groups is 2. The van der Waals surface area contributed by atoms with Gasteiger partial charge >= 0.3 is 5.97 Å². The van der Waals surface area contributed by atoms with Gasteiger partial charge in [-0.1, -0.05) is 36.4 Å². The van der Waals surface area contributed by atoms with Crippen LogP contribution in [0, 0.1) is 0 Å². The fourth-order valence-electron chi connectivity index (χ4n) is 2.08. The Morgan fingerprint density at radius 1 is 1.00 bits per heavy atom. The third kappa shape index (κ3) is 3.46. The van der Waals surface area contributed by atoms with Crippen LogP contribution < -0.4 is 10.6 Å². The van der Waals surface area contributed by atoms with E-state index in [1.54, 1.807) is 54.6 Å². The summed E-state index contributed by atoms with van der Waals surface area (Å²) >= 11 is 0. The Hall–Kier alpha value is -2.66. The zero-order valence-corrected chi connectivity index (χ0v) is 11.4. The molecule has 2 rings (SSSR count). The maximum absolute atomic E-state index is 12.7. The van der Waals surface area contributed by atoms with Crippen LogP contribution in [0.15, 0.2) is 54.6 Å². The summed E-state index contributed by atoms with van der Waals surface area (Å²) in [5, 5.41) is 9.05. The summed E-state index contributed by atoms with van der Waals surface area (Å²) in [4.78, 5) is 25.0. The molecule has 0 radical (unpaired) electrons. The number of benzene rings is 2. The van der Waals surface area contributed by atoms with Crippen molar-refractivity contribution >= 4 is 17.6 Å². The average molecular weight is 284 g/mol. The average Bonchev–Trinajstić information content (AvgIpc) is 2.52. The van der Waals surface area contributed by atoms with Crippen LogP contribution in [0.25, 0.3) is 0 Å². The molecule has 3 N–H and O–H groups in total. The van der Waals surface area contributed by atoms with Crippen LogP contribution in [0.5, 0.6) is 0 Å². The number of amides is 1. The van der Waals surface area contributed by atoms with Gasteiger partial charge in [-0.25, -0.2) is 0 Å². The summed E-state index contributed by atoms with van der Waals surface area (Å²) in [6, 6.07) is 15.7. The Morgan fingerprint density at radius 3 is 2.24 bits per heavy atom. The first-order chi connectivity index (χ1) is 10.1. The molecule has 5 heteroatoms. The van der Waals surface area contributed by atoms with Crippen molar-refractivity contribution in [2.24, 2.45) is 5.73 Å². The molecule has 108 valence electrons. The van der Waals surface area contributed by atoms with Gasteiger partial charge < -0.3 is 10.8 Å². The number of nitrogens with zero attached hydrogens (tertiary/aromatic N) is 1. The number of carboxylic acids is 1. The molecule has 0 fully saturated rings. The lowest BCUT2D eigenvalue weighted by Crippen LogP contribution is -2.36. The molecule has 5 nitrogen and oxygen atoms in total. The van der Waals surface area contributed by atoms with Gasteiger partial charge in [0.15, 0.2) is 0 Å². The monoisotopic (exact) mass is 284 g/mol. The Bertz CT molecular complexity index is 641. The second-order valence-corrected chi connectivity index (χ2v) is 4.48. The molecule has 0 bridgehead atoms. The maximum Gasteiger partial charge on any atom is 0.323 e. The summed E-state index contributed by atoms with van der Waals surface area (Å²) in [5.41, 5.74) is 7.29. The minimum absolute atomic E-state index is 0.220. The molecule has 0 heterocycles. The van der Waals surface area contributed by atoms with E-state index in [9.17, 15) is 9.59 Å². The van der Waals surface area contributed by atoms with Crippen molar-refractivity contribution in [3.63, 3.8) is 0 Å². The summed E-state index contributed by atoms with van der Waals surface area (Å²) < 4.78 is 0. The van der Waals surface area contributed by atoms with Gasteiger partial charge in [-0.3, -0.25) is 14.5 Å². The smallest absolute Gasteiger partial charge is 0.323 e. The number of carbonyl (C=O) groups excluding carboxylic acids is 1. The third-order valence-corrected chi connectivity index (χ3v) is 3.07. The van der Waals surface area contributed by atoms with E-state index >= 15 is 0 Å². The van der Waals surface area contributed by atoms with Gasteiger partial charge in [0.1, 0.15) is 6.54 Å². The van der Waals surface area contributed by atoms with Crippen LogP contribution in [0.2, 0.25) is 0 Å². The highest BCUT2D eigenvalue weighted by Gasteiger charge is 2.21. The highest BCUT2D eigenvalue weighted by atomic mass is 16.4. The quantitative estimate of drug-likeness (QED) is 0.878. The molecular formula is C16H16N2O3. The zero-order chi connectivity index (χ0) is 15.2. The second kappa shape index (κ2) is 6.67. The van der Waals surface area contributed by atoms with E-state index < -0.39 is 12.5 Å². The summed E-state index contributed by atoms with van der Waals surface area (Å²) in [6.45, 7) is -0.181. The van der Waals surface area contributed by atoms with Gasteiger partial charge in [-0.15, -0.1) is 0 Å². The molecule has 0 atom stereocenters. The molecule has 0 aliphatic rings. The molecule has 0 spiro atoms. The van der Waals surface area contributed by atoms with E-state index in [0.29, 0.717) is 16.8 Å². The van der Waals surface area contributed by atoms with Crippen LogP contribution in [-0.2, 0) is 11.3 Å². The fourth-order valence-corrected chi connectivity index (χ4v) is 2.08. The zero-order valence-electron chi connectivity index (χ0n) is 11.4. The largest absolute Gasteiger partial charge is 0.480 e. The van der Waals surface area contributed by atoms with Gasteiger partial charge in [-0.2, -0.15) is 0 Å². The molecule has 0 saturated carbocycles. The first-order valence-corrected chi connectivity index (χ1v) is 6.50. The Morgan fingerprint density at radius 2 is 1.62 bits per heavy atom. The fraction of sp³-hybridized carbons (Fsp3) is 0.125. The maximum atomic E-state index is 12.7. The molecular weight excluding hydrogens is 268 g/mol. The lowest BCUT2D eigenvalue weighted by molar-refractivity contribution is -0.135. The molecule has 0 aliphatic heterocycles. The van der Waals surface area contributed by atoms with E-state index in [0.717, 1.165) is 0 Å². The summed E-state index contributed by atoms with van der Waals surface area (Å²) in [6.07, 6.45) is 0. The highest BCUT2D eigenvalue weighted by molar-refractivity contribution is 6.09. The van der Waals surface area contributed by atoms with Crippen LogP contribution in [0.1, 0.15) is 15.9 Å². The van der Waals surface area contributed by atoms with Gasteiger partial charge in [-0.05, 0) is 23.8 Å². The number of nitrogens with two attached hydrogens (primary N) is 1. The predicted octanol–water partition coefficient (Wildman–Crippen LogP) is 1.88. The standard InChI is InChI=1S/C16H16N2O3/c17-10-12-6-4-5-9-14(12)16(21)18(11-15(19)20)13-7-2-1-3-8-13/h1-9H,10-11,17H2,(H,19,20). The minimum Gasteiger partial charge on any atom is -0.480 e. The minimum atomic E-state index is -1.07. The van der Waals surface area contributed by atoms with Crippen molar-refractivity contribution in [2.75, 3.05) is 11.4 Å². The van der Waals surface area contributed by atoms with Crippen molar-refractivity contribution in [1.82, 2.24) is 0 Å². The van der Waals surface area contributed by atoms with E-state index in [4.69, 9.17) is 10.8 Å². The number of para-hydroxylation sites is 1. The molecule has 2 aromatic rings. The van der Waals surface area contributed by atoms with Gasteiger partial charge in [0.05, 0.1) is 0 Å². The number of aliphatic carboxylic acids is 1. The third-order valence-electron chi connectivity index (χ3n) is 3.07. The number of anilines is 1. The molecule has 0 aliphatic carbocycles. The SMILES string of the molecule is NCc1ccccc1C(=O)N(CC(=O)O)c1ccccc1. The van der Waals surface area contributed by atoms with Gasteiger partial charge in [0.25, 0.3) is 5.91 Å². The van der Waals surface area contributed by atoms with Crippen molar-refractivity contribution < 1.29 is 14.7 Å². The molecule has 21 heavy (non-hydrogen) atoms. The number of carboxylic acid groups (broad SMARTS) is 1. The first kappa shape index (κ1) is 14.7.